The molecule has 12 rings (SSSR count). The quantitative estimate of drug-likeness (QED) is 0.172. The Bertz CT molecular complexity index is 3400. The van der Waals surface area contributed by atoms with Crippen LogP contribution < -0.4 is 4.90 Å². The molecule has 0 amide bonds. The van der Waals surface area contributed by atoms with E-state index in [1.165, 1.54) is 105 Å². The summed E-state index contributed by atoms with van der Waals surface area (Å²) in [5.41, 5.74) is 8.71. The van der Waals surface area contributed by atoms with Crippen molar-refractivity contribution in [3.05, 3.63) is 176 Å². The van der Waals surface area contributed by atoms with Crippen molar-refractivity contribution in [3.8, 4) is 22.3 Å². The Morgan fingerprint density at radius 1 is 0.429 bits per heavy atom. The fraction of sp³-hybridized carbons (Fsp3) is 0.0385. The third-order valence-corrected chi connectivity index (χ3v) is 17.1. The highest BCUT2D eigenvalue weighted by Crippen LogP contribution is 2.69. The number of benzene rings is 9. The van der Waals surface area contributed by atoms with E-state index in [4.69, 9.17) is 0 Å². The van der Waals surface area contributed by atoms with Crippen LogP contribution in [0.2, 0.25) is 0 Å². The van der Waals surface area contributed by atoms with Gasteiger partial charge in [-0.2, -0.15) is 10.0 Å². The van der Waals surface area contributed by atoms with E-state index in [0.29, 0.717) is 0 Å². The second kappa shape index (κ2) is 12.0. The molecular weight excluding hydrogens is 735 g/mol. The van der Waals surface area contributed by atoms with E-state index in [-0.39, 0.29) is 0 Å². The highest BCUT2D eigenvalue weighted by molar-refractivity contribution is 8.33. The normalized spacial score (nSPS) is 13.9. The summed E-state index contributed by atoms with van der Waals surface area (Å²) in [6, 6.07) is 65.9. The number of hydrogen-bond donors (Lipinski definition) is 0. The van der Waals surface area contributed by atoms with E-state index in [1.54, 1.807) is 0 Å². The molecule has 0 spiro atoms. The van der Waals surface area contributed by atoms with Gasteiger partial charge in [0, 0.05) is 67.1 Å². The van der Waals surface area contributed by atoms with Crippen LogP contribution in [0.5, 0.6) is 0 Å². The number of fused-ring (bicyclic) bond motifs is 13. The van der Waals surface area contributed by atoms with Crippen LogP contribution in [0.25, 0.3) is 84.1 Å². The number of anilines is 3. The minimum absolute atomic E-state index is 1.15. The van der Waals surface area contributed by atoms with E-state index in [2.05, 4.69) is 193 Å². The summed E-state index contributed by atoms with van der Waals surface area (Å²) in [5.74, 6) is 0. The fourth-order valence-corrected chi connectivity index (χ4v) is 14.1. The van der Waals surface area contributed by atoms with Gasteiger partial charge in [0.25, 0.3) is 0 Å². The molecule has 9 aromatic carbocycles. The molecule has 1 aliphatic rings. The average Bonchev–Trinajstić information content (AvgIpc) is 3.89. The highest BCUT2D eigenvalue weighted by atomic mass is 32.3. The molecule has 4 heteroatoms. The maximum atomic E-state index is 2.51. The van der Waals surface area contributed by atoms with Crippen molar-refractivity contribution >= 4 is 112 Å². The molecule has 0 N–H and O–H groups in total. The second-order valence-corrected chi connectivity index (χ2v) is 20.9. The van der Waals surface area contributed by atoms with Crippen LogP contribution in [0.1, 0.15) is 0 Å². The summed E-state index contributed by atoms with van der Waals surface area (Å²) in [7, 11) is -1.17. The molecule has 11 aromatic rings. The van der Waals surface area contributed by atoms with E-state index < -0.39 is 10.0 Å². The molecule has 3 heterocycles. The van der Waals surface area contributed by atoms with Crippen LogP contribution in [-0.2, 0) is 0 Å². The van der Waals surface area contributed by atoms with Crippen molar-refractivity contribution in [3.63, 3.8) is 0 Å². The first kappa shape index (κ1) is 32.3. The maximum absolute atomic E-state index is 2.51. The standard InChI is InChI=1S/C52H35NS3/c1-56(2)47-16-8-7-14-41(47)49-43(15-9-17-48(49)56)53(37-23-20-33(21-24-37)36-19-18-32-10-3-4-12-35(32)30-36)38-25-27-40-46(31-38)54-44-28-29-45-51(50(40)44)42-26-22-34-11-5-6-13-39(34)52(42)55-45/h3-31H,1-2H3. The summed E-state index contributed by atoms with van der Waals surface area (Å²) in [4.78, 5) is 5.43. The topological polar surface area (TPSA) is 3.24 Å². The lowest BCUT2D eigenvalue weighted by molar-refractivity contribution is 1.27. The van der Waals surface area contributed by atoms with Gasteiger partial charge in [-0.05, 0) is 111 Å². The lowest BCUT2D eigenvalue weighted by Crippen LogP contribution is -2.11. The molecule has 0 unspecified atom stereocenters. The Morgan fingerprint density at radius 3 is 1.96 bits per heavy atom. The van der Waals surface area contributed by atoms with E-state index in [0.717, 1.165) is 5.69 Å². The summed E-state index contributed by atoms with van der Waals surface area (Å²) in [6.45, 7) is 0. The Balaban J connectivity index is 1.07. The molecule has 266 valence electrons. The smallest absolute Gasteiger partial charge is 0.0551 e. The largest absolute Gasteiger partial charge is 0.310 e. The Kier molecular flexibility index (Phi) is 6.96. The van der Waals surface area contributed by atoms with Crippen molar-refractivity contribution in [1.29, 1.82) is 0 Å². The SMILES string of the molecule is CS1(C)c2ccccc2-c2c(N(c3ccc(-c4ccc5ccccc5c4)cc3)c3ccc4c(c3)sc3ccc5sc6c7ccccc7ccc6c5c34)cccc21. The zero-order valence-electron chi connectivity index (χ0n) is 30.9. The molecule has 56 heavy (non-hydrogen) atoms. The lowest BCUT2D eigenvalue weighted by Gasteiger charge is -2.30. The van der Waals surface area contributed by atoms with Crippen LogP contribution in [-0.4, -0.2) is 12.5 Å². The molecule has 0 fully saturated rings. The Morgan fingerprint density at radius 2 is 1.09 bits per heavy atom. The van der Waals surface area contributed by atoms with Crippen molar-refractivity contribution < 1.29 is 0 Å². The van der Waals surface area contributed by atoms with Gasteiger partial charge in [0.05, 0.1) is 5.69 Å². The summed E-state index contributed by atoms with van der Waals surface area (Å²) in [6.07, 6.45) is 4.90. The number of hydrogen-bond acceptors (Lipinski definition) is 3. The van der Waals surface area contributed by atoms with Crippen LogP contribution in [0.15, 0.2) is 186 Å². The van der Waals surface area contributed by atoms with Gasteiger partial charge in [-0.3, -0.25) is 0 Å². The number of nitrogens with zero attached hydrogens (tertiary/aromatic N) is 1. The first-order valence-corrected chi connectivity index (χ1v) is 23.1. The van der Waals surface area contributed by atoms with Gasteiger partial charge in [0.2, 0.25) is 0 Å². The maximum Gasteiger partial charge on any atom is 0.0551 e. The lowest BCUT2D eigenvalue weighted by atomic mass is 9.99. The van der Waals surface area contributed by atoms with Crippen LogP contribution in [0.3, 0.4) is 0 Å². The highest BCUT2D eigenvalue weighted by Gasteiger charge is 2.34. The molecular formula is C52H35NS3. The van der Waals surface area contributed by atoms with Gasteiger partial charge in [0.15, 0.2) is 0 Å². The van der Waals surface area contributed by atoms with Crippen LogP contribution in [0.4, 0.5) is 17.1 Å². The Hall–Kier alpha value is -5.91. The van der Waals surface area contributed by atoms with Gasteiger partial charge in [0.1, 0.15) is 0 Å². The second-order valence-electron chi connectivity index (χ2n) is 15.3. The van der Waals surface area contributed by atoms with Gasteiger partial charge in [-0.1, -0.05) is 115 Å². The first-order chi connectivity index (χ1) is 27.5. The van der Waals surface area contributed by atoms with Gasteiger partial charge >= 0.3 is 0 Å². The molecule has 0 bridgehead atoms. The van der Waals surface area contributed by atoms with Gasteiger partial charge in [-0.25, -0.2) is 0 Å². The summed E-state index contributed by atoms with van der Waals surface area (Å²) in [5, 5.41) is 10.6. The summed E-state index contributed by atoms with van der Waals surface area (Å²) >= 11 is 3.83. The average molecular weight is 770 g/mol. The van der Waals surface area contributed by atoms with Crippen molar-refractivity contribution in [2.75, 3.05) is 17.4 Å². The monoisotopic (exact) mass is 769 g/mol. The molecule has 1 nitrogen and oxygen atoms in total. The predicted octanol–water partition coefficient (Wildman–Crippen LogP) is 16.3. The molecule has 2 aromatic heterocycles. The van der Waals surface area contributed by atoms with Crippen molar-refractivity contribution in [2.24, 2.45) is 0 Å². The van der Waals surface area contributed by atoms with Gasteiger partial charge in [-0.15, -0.1) is 22.7 Å². The molecule has 0 saturated heterocycles. The minimum Gasteiger partial charge on any atom is -0.310 e. The number of rotatable bonds is 4. The predicted molar refractivity (Wildman–Crippen MR) is 249 cm³/mol. The molecule has 0 radical (unpaired) electrons. The third-order valence-electron chi connectivity index (χ3n) is 11.9. The number of thiophene rings is 2. The molecule has 0 aliphatic carbocycles. The van der Waals surface area contributed by atoms with Crippen molar-refractivity contribution in [1.82, 2.24) is 0 Å². The van der Waals surface area contributed by atoms with E-state index in [9.17, 15) is 0 Å². The fourth-order valence-electron chi connectivity index (χ4n) is 9.23. The summed E-state index contributed by atoms with van der Waals surface area (Å²) < 4.78 is 5.37. The van der Waals surface area contributed by atoms with E-state index in [1.807, 2.05) is 22.7 Å². The van der Waals surface area contributed by atoms with Crippen molar-refractivity contribution in [2.45, 2.75) is 9.79 Å². The van der Waals surface area contributed by atoms with Crippen LogP contribution >= 0.6 is 32.7 Å². The first-order valence-electron chi connectivity index (χ1n) is 19.1. The minimum atomic E-state index is -1.17. The molecule has 0 atom stereocenters. The zero-order valence-corrected chi connectivity index (χ0v) is 33.4. The van der Waals surface area contributed by atoms with Gasteiger partial charge < -0.3 is 4.90 Å². The Labute approximate surface area is 335 Å². The zero-order chi connectivity index (χ0) is 37.1. The molecule has 1 aliphatic heterocycles. The third kappa shape index (κ3) is 4.67. The molecule has 0 saturated carbocycles. The van der Waals surface area contributed by atoms with Crippen LogP contribution in [0, 0.1) is 0 Å². The van der Waals surface area contributed by atoms with E-state index >= 15 is 0 Å².